The zero-order valence-electron chi connectivity index (χ0n) is 9.66. The second kappa shape index (κ2) is 4.21. The van der Waals surface area contributed by atoms with Gasteiger partial charge in [0.15, 0.2) is 6.29 Å². The molecule has 0 bridgehead atoms. The van der Waals surface area contributed by atoms with Crippen molar-refractivity contribution in [2.24, 2.45) is 0 Å². The van der Waals surface area contributed by atoms with Crippen LogP contribution in [0, 0.1) is 0 Å². The molecule has 1 heterocycles. The van der Waals surface area contributed by atoms with Crippen molar-refractivity contribution < 1.29 is 4.79 Å². The van der Waals surface area contributed by atoms with Crippen LogP contribution in [0.2, 0.25) is 0 Å². The van der Waals surface area contributed by atoms with Gasteiger partial charge in [0, 0.05) is 27.8 Å². The third kappa shape index (κ3) is 2.01. The van der Waals surface area contributed by atoms with Gasteiger partial charge in [-0.05, 0) is 44.9 Å². The van der Waals surface area contributed by atoms with E-state index in [2.05, 4.69) is 34.7 Å². The molecule has 1 aromatic carbocycles. The van der Waals surface area contributed by atoms with Crippen molar-refractivity contribution in [2.45, 2.75) is 32.2 Å². The summed E-state index contributed by atoms with van der Waals surface area (Å²) in [6.07, 6.45) is 3.31. The van der Waals surface area contributed by atoms with Gasteiger partial charge in [-0.1, -0.05) is 15.9 Å². The summed E-state index contributed by atoms with van der Waals surface area (Å²) >= 11 is 3.47. The number of carbonyl (C=O) groups excluding carboxylic acids is 1. The minimum atomic E-state index is 0.151. The van der Waals surface area contributed by atoms with E-state index in [1.165, 1.54) is 12.8 Å². The molecule has 86 valence electrons. The Hall–Kier alpha value is -0.830. The predicted molar refractivity (Wildman–Crippen MR) is 70.2 cm³/mol. The molecule has 0 radical (unpaired) electrons. The van der Waals surface area contributed by atoms with Crippen LogP contribution >= 0.6 is 15.9 Å². The van der Waals surface area contributed by atoms with E-state index in [-0.39, 0.29) is 5.54 Å². The van der Waals surface area contributed by atoms with Gasteiger partial charge in [0.05, 0.1) is 0 Å². The normalized spacial score (nSPS) is 18.8. The van der Waals surface area contributed by atoms with Crippen LogP contribution in [0.1, 0.15) is 37.0 Å². The van der Waals surface area contributed by atoms with Crippen LogP contribution in [0.25, 0.3) is 0 Å². The molecule has 1 fully saturated rings. The van der Waals surface area contributed by atoms with Gasteiger partial charge in [-0.25, -0.2) is 0 Å². The van der Waals surface area contributed by atoms with E-state index in [1.54, 1.807) is 0 Å². The summed E-state index contributed by atoms with van der Waals surface area (Å²) in [5.41, 5.74) is 1.98. The number of nitrogens with zero attached hydrogens (tertiary/aromatic N) is 1. The summed E-state index contributed by atoms with van der Waals surface area (Å²) in [7, 11) is 0. The summed E-state index contributed by atoms with van der Waals surface area (Å²) in [6, 6.07) is 5.83. The molecule has 0 atom stereocenters. The Morgan fingerprint density at radius 1 is 1.44 bits per heavy atom. The number of halogens is 1. The third-order valence-corrected chi connectivity index (χ3v) is 3.80. The van der Waals surface area contributed by atoms with Crippen molar-refractivity contribution >= 4 is 27.9 Å². The summed E-state index contributed by atoms with van der Waals surface area (Å²) in [6.45, 7) is 5.50. The Morgan fingerprint density at radius 2 is 2.19 bits per heavy atom. The van der Waals surface area contributed by atoms with Crippen molar-refractivity contribution in [3.63, 3.8) is 0 Å². The van der Waals surface area contributed by atoms with Gasteiger partial charge in [0.1, 0.15) is 0 Å². The van der Waals surface area contributed by atoms with Gasteiger partial charge < -0.3 is 4.90 Å². The van der Waals surface area contributed by atoms with Crippen LogP contribution in [0.15, 0.2) is 22.7 Å². The number of aldehydes is 1. The lowest BCUT2D eigenvalue weighted by Crippen LogP contribution is -2.38. The van der Waals surface area contributed by atoms with Crippen molar-refractivity contribution in [3.8, 4) is 0 Å². The number of rotatable bonds is 2. The molecule has 1 aliphatic rings. The standard InChI is InChI=1S/C13H16BrNO/c1-13(2)6-3-7-15(13)12-8-11(14)5-4-10(12)9-16/h4-5,8-9H,3,6-7H2,1-2H3. The maximum absolute atomic E-state index is 11.1. The zero-order valence-corrected chi connectivity index (χ0v) is 11.3. The van der Waals surface area contributed by atoms with E-state index >= 15 is 0 Å². The van der Waals surface area contributed by atoms with Crippen LogP contribution in [-0.2, 0) is 0 Å². The van der Waals surface area contributed by atoms with Gasteiger partial charge >= 0.3 is 0 Å². The lowest BCUT2D eigenvalue weighted by molar-refractivity contribution is 0.112. The number of carbonyl (C=O) groups is 1. The highest BCUT2D eigenvalue weighted by Crippen LogP contribution is 2.36. The van der Waals surface area contributed by atoms with Gasteiger partial charge in [0.25, 0.3) is 0 Å². The lowest BCUT2D eigenvalue weighted by Gasteiger charge is -2.34. The molecule has 0 spiro atoms. The number of hydrogen-bond donors (Lipinski definition) is 0. The molecular formula is C13H16BrNO. The van der Waals surface area contributed by atoms with E-state index < -0.39 is 0 Å². The highest BCUT2D eigenvalue weighted by Gasteiger charge is 2.33. The van der Waals surface area contributed by atoms with E-state index in [9.17, 15) is 4.79 Å². The minimum absolute atomic E-state index is 0.151. The molecule has 0 aromatic heterocycles. The third-order valence-electron chi connectivity index (χ3n) is 3.31. The minimum Gasteiger partial charge on any atom is -0.366 e. The Balaban J connectivity index is 2.46. The molecule has 1 saturated heterocycles. The smallest absolute Gasteiger partial charge is 0.152 e. The van der Waals surface area contributed by atoms with Crippen LogP contribution in [0.5, 0.6) is 0 Å². The first-order valence-electron chi connectivity index (χ1n) is 5.57. The first kappa shape index (κ1) is 11.6. The topological polar surface area (TPSA) is 20.3 Å². The Morgan fingerprint density at radius 3 is 2.75 bits per heavy atom. The Labute approximate surface area is 105 Å². The summed E-state index contributed by atoms with van der Waals surface area (Å²) in [4.78, 5) is 13.4. The molecular weight excluding hydrogens is 266 g/mol. The number of hydrogen-bond acceptors (Lipinski definition) is 2. The number of benzene rings is 1. The number of anilines is 1. The fourth-order valence-corrected chi connectivity index (χ4v) is 2.75. The lowest BCUT2D eigenvalue weighted by atomic mass is 10.0. The van der Waals surface area contributed by atoms with Gasteiger partial charge in [-0.3, -0.25) is 4.79 Å². The van der Waals surface area contributed by atoms with Crippen LogP contribution in [-0.4, -0.2) is 18.4 Å². The summed E-state index contributed by atoms with van der Waals surface area (Å²) in [5.74, 6) is 0. The first-order chi connectivity index (χ1) is 7.54. The monoisotopic (exact) mass is 281 g/mol. The fraction of sp³-hybridized carbons (Fsp3) is 0.462. The molecule has 1 aromatic rings. The highest BCUT2D eigenvalue weighted by atomic mass is 79.9. The largest absolute Gasteiger partial charge is 0.366 e. The fourth-order valence-electron chi connectivity index (χ4n) is 2.40. The molecule has 16 heavy (non-hydrogen) atoms. The van der Waals surface area contributed by atoms with Gasteiger partial charge in [0.2, 0.25) is 0 Å². The maximum atomic E-state index is 11.1. The first-order valence-corrected chi connectivity index (χ1v) is 6.36. The molecule has 0 aliphatic carbocycles. The molecule has 0 amide bonds. The SMILES string of the molecule is CC1(C)CCCN1c1cc(Br)ccc1C=O. The summed E-state index contributed by atoms with van der Waals surface area (Å²) < 4.78 is 1.02. The molecule has 0 saturated carbocycles. The average molecular weight is 282 g/mol. The van der Waals surface area contributed by atoms with E-state index in [0.29, 0.717) is 0 Å². The van der Waals surface area contributed by atoms with Crippen LogP contribution < -0.4 is 4.90 Å². The van der Waals surface area contributed by atoms with Crippen molar-refractivity contribution in [3.05, 3.63) is 28.2 Å². The second-order valence-electron chi connectivity index (χ2n) is 4.89. The van der Waals surface area contributed by atoms with Crippen LogP contribution in [0.3, 0.4) is 0 Å². The van der Waals surface area contributed by atoms with Crippen molar-refractivity contribution in [2.75, 3.05) is 11.4 Å². The molecule has 3 heteroatoms. The van der Waals surface area contributed by atoms with Crippen LogP contribution in [0.4, 0.5) is 5.69 Å². The quantitative estimate of drug-likeness (QED) is 0.772. The molecule has 1 aliphatic heterocycles. The maximum Gasteiger partial charge on any atom is 0.152 e. The summed E-state index contributed by atoms with van der Waals surface area (Å²) in [5, 5.41) is 0. The highest BCUT2D eigenvalue weighted by molar-refractivity contribution is 9.10. The van der Waals surface area contributed by atoms with E-state index in [1.807, 2.05) is 18.2 Å². The molecule has 2 rings (SSSR count). The predicted octanol–water partition coefficient (Wildman–Crippen LogP) is 3.64. The Bertz CT molecular complexity index is 414. The molecule has 0 N–H and O–H groups in total. The Kier molecular flexibility index (Phi) is 3.06. The zero-order chi connectivity index (χ0) is 11.8. The van der Waals surface area contributed by atoms with Gasteiger partial charge in [-0.2, -0.15) is 0 Å². The van der Waals surface area contributed by atoms with Crippen molar-refractivity contribution in [1.82, 2.24) is 0 Å². The van der Waals surface area contributed by atoms with E-state index in [4.69, 9.17) is 0 Å². The van der Waals surface area contributed by atoms with Crippen molar-refractivity contribution in [1.29, 1.82) is 0 Å². The second-order valence-corrected chi connectivity index (χ2v) is 5.80. The average Bonchev–Trinajstić information content (AvgIpc) is 2.58. The van der Waals surface area contributed by atoms with Gasteiger partial charge in [-0.15, -0.1) is 0 Å². The van der Waals surface area contributed by atoms with E-state index in [0.717, 1.165) is 28.6 Å². The molecule has 2 nitrogen and oxygen atoms in total. The molecule has 0 unspecified atom stereocenters.